The standard InChI is InChI=1S/C24H23N5O4/c1-16-23(26-24(32)21-11-12-25-29(21)15-22(30)31)17(2)28(27-16)14-18-7-6-10-20(13-18)33-19-8-4-3-5-9-19/h3-13H,14-15H2,1-2H3,(H,26,32)(H,30,31). The van der Waals surface area contributed by atoms with Gasteiger partial charge in [0.25, 0.3) is 5.91 Å². The highest BCUT2D eigenvalue weighted by molar-refractivity contribution is 6.03. The highest BCUT2D eigenvalue weighted by Crippen LogP contribution is 2.24. The van der Waals surface area contributed by atoms with Crippen LogP contribution in [0.1, 0.15) is 27.4 Å². The van der Waals surface area contributed by atoms with Gasteiger partial charge in [0.05, 0.1) is 23.6 Å². The van der Waals surface area contributed by atoms with Gasteiger partial charge in [-0.3, -0.25) is 14.3 Å². The second-order valence-electron chi connectivity index (χ2n) is 7.49. The Kier molecular flexibility index (Phi) is 6.21. The van der Waals surface area contributed by atoms with E-state index < -0.39 is 18.4 Å². The molecule has 0 saturated carbocycles. The molecule has 0 aliphatic rings. The second-order valence-corrected chi connectivity index (χ2v) is 7.49. The Bertz CT molecular complexity index is 1290. The number of carboxylic acid groups (broad SMARTS) is 1. The van der Waals surface area contributed by atoms with Gasteiger partial charge in [0.2, 0.25) is 0 Å². The molecule has 0 fully saturated rings. The van der Waals surface area contributed by atoms with E-state index in [9.17, 15) is 9.59 Å². The Morgan fingerprint density at radius 3 is 2.52 bits per heavy atom. The Balaban J connectivity index is 1.50. The van der Waals surface area contributed by atoms with Gasteiger partial charge in [0, 0.05) is 6.20 Å². The van der Waals surface area contributed by atoms with Crippen LogP contribution in [0.5, 0.6) is 11.5 Å². The summed E-state index contributed by atoms with van der Waals surface area (Å²) in [6.45, 7) is 3.77. The summed E-state index contributed by atoms with van der Waals surface area (Å²) in [7, 11) is 0. The third-order valence-corrected chi connectivity index (χ3v) is 5.06. The average molecular weight is 445 g/mol. The lowest BCUT2D eigenvalue weighted by Crippen LogP contribution is -2.21. The molecule has 0 radical (unpaired) electrons. The van der Waals surface area contributed by atoms with Crippen molar-refractivity contribution < 1.29 is 19.4 Å². The van der Waals surface area contributed by atoms with E-state index in [0.29, 0.717) is 17.9 Å². The topological polar surface area (TPSA) is 111 Å². The number of aliphatic carboxylic acids is 1. The first kappa shape index (κ1) is 21.8. The summed E-state index contributed by atoms with van der Waals surface area (Å²) in [5, 5.41) is 20.3. The largest absolute Gasteiger partial charge is 0.480 e. The fraction of sp³-hybridized carbons (Fsp3) is 0.167. The van der Waals surface area contributed by atoms with E-state index in [0.717, 1.165) is 27.4 Å². The lowest BCUT2D eigenvalue weighted by molar-refractivity contribution is -0.137. The highest BCUT2D eigenvalue weighted by atomic mass is 16.5. The maximum atomic E-state index is 12.7. The van der Waals surface area contributed by atoms with Crippen molar-refractivity contribution in [3.63, 3.8) is 0 Å². The fourth-order valence-electron chi connectivity index (χ4n) is 3.49. The van der Waals surface area contributed by atoms with Crippen molar-refractivity contribution >= 4 is 17.6 Å². The maximum absolute atomic E-state index is 12.7. The molecule has 9 nitrogen and oxygen atoms in total. The van der Waals surface area contributed by atoms with Crippen molar-refractivity contribution in [3.05, 3.63) is 89.5 Å². The van der Waals surface area contributed by atoms with E-state index in [1.165, 1.54) is 12.3 Å². The zero-order valence-electron chi connectivity index (χ0n) is 18.2. The molecule has 2 aromatic carbocycles. The van der Waals surface area contributed by atoms with Gasteiger partial charge in [-0.2, -0.15) is 10.2 Å². The predicted octanol–water partition coefficient (Wildman–Crippen LogP) is 3.87. The Morgan fingerprint density at radius 2 is 1.76 bits per heavy atom. The van der Waals surface area contributed by atoms with Gasteiger partial charge in [0.15, 0.2) is 0 Å². The van der Waals surface area contributed by atoms with E-state index in [4.69, 9.17) is 9.84 Å². The van der Waals surface area contributed by atoms with Gasteiger partial charge in [-0.1, -0.05) is 30.3 Å². The lowest BCUT2D eigenvalue weighted by atomic mass is 10.2. The van der Waals surface area contributed by atoms with Crippen molar-refractivity contribution in [2.45, 2.75) is 26.9 Å². The van der Waals surface area contributed by atoms with Gasteiger partial charge >= 0.3 is 5.97 Å². The van der Waals surface area contributed by atoms with E-state index in [1.54, 1.807) is 4.68 Å². The first-order chi connectivity index (χ1) is 15.9. The third-order valence-electron chi connectivity index (χ3n) is 5.06. The molecule has 168 valence electrons. The summed E-state index contributed by atoms with van der Waals surface area (Å²) in [6, 6.07) is 18.8. The van der Waals surface area contributed by atoms with Crippen LogP contribution in [-0.2, 0) is 17.9 Å². The number of carbonyl (C=O) groups is 2. The number of amides is 1. The van der Waals surface area contributed by atoms with Crippen LogP contribution in [-0.4, -0.2) is 36.5 Å². The molecule has 1 amide bonds. The number of hydrogen-bond acceptors (Lipinski definition) is 5. The number of para-hydroxylation sites is 1. The van der Waals surface area contributed by atoms with Crippen LogP contribution in [0.25, 0.3) is 0 Å². The van der Waals surface area contributed by atoms with Gasteiger partial charge < -0.3 is 15.2 Å². The molecule has 0 spiro atoms. The first-order valence-electron chi connectivity index (χ1n) is 10.3. The van der Waals surface area contributed by atoms with E-state index in [-0.39, 0.29) is 5.69 Å². The number of nitrogens with one attached hydrogen (secondary N) is 1. The van der Waals surface area contributed by atoms with Crippen LogP contribution in [0.3, 0.4) is 0 Å². The average Bonchev–Trinajstić information content (AvgIpc) is 3.34. The molecule has 9 heteroatoms. The zero-order valence-corrected chi connectivity index (χ0v) is 18.2. The minimum atomic E-state index is -1.08. The Hall–Kier alpha value is -4.40. The number of hydrogen-bond donors (Lipinski definition) is 2. The van der Waals surface area contributed by atoms with Crippen molar-refractivity contribution in [2.75, 3.05) is 5.32 Å². The number of benzene rings is 2. The summed E-state index contributed by atoms with van der Waals surface area (Å²) in [5.41, 5.74) is 3.17. The van der Waals surface area contributed by atoms with Crippen molar-refractivity contribution in [1.29, 1.82) is 0 Å². The summed E-state index contributed by atoms with van der Waals surface area (Å²) in [6.07, 6.45) is 1.39. The first-order valence-corrected chi connectivity index (χ1v) is 10.3. The molecule has 0 aliphatic heterocycles. The molecule has 4 rings (SSSR count). The van der Waals surface area contributed by atoms with Crippen LogP contribution >= 0.6 is 0 Å². The Morgan fingerprint density at radius 1 is 1.00 bits per heavy atom. The lowest BCUT2D eigenvalue weighted by Gasteiger charge is -2.10. The summed E-state index contributed by atoms with van der Waals surface area (Å²) in [5.74, 6) is -0.0440. The maximum Gasteiger partial charge on any atom is 0.325 e. The molecule has 2 N–H and O–H groups in total. The third kappa shape index (κ3) is 5.09. The van der Waals surface area contributed by atoms with E-state index in [1.807, 2.05) is 68.4 Å². The normalized spacial score (nSPS) is 10.7. The summed E-state index contributed by atoms with van der Waals surface area (Å²) >= 11 is 0. The molecule has 33 heavy (non-hydrogen) atoms. The molecule has 2 heterocycles. The predicted molar refractivity (Wildman–Crippen MR) is 122 cm³/mol. The highest BCUT2D eigenvalue weighted by Gasteiger charge is 2.19. The molecule has 0 unspecified atom stereocenters. The SMILES string of the molecule is Cc1nn(Cc2cccc(Oc3ccccc3)c2)c(C)c1NC(=O)c1ccnn1CC(=O)O. The number of ether oxygens (including phenoxy) is 1. The van der Waals surface area contributed by atoms with Gasteiger partial charge in [0.1, 0.15) is 23.7 Å². The number of aromatic nitrogens is 4. The van der Waals surface area contributed by atoms with E-state index in [2.05, 4.69) is 15.5 Å². The van der Waals surface area contributed by atoms with Crippen LogP contribution in [0, 0.1) is 13.8 Å². The quantitative estimate of drug-likeness (QED) is 0.426. The molecule has 2 aromatic heterocycles. The number of carbonyl (C=O) groups excluding carboxylic acids is 1. The number of aryl methyl sites for hydroxylation is 1. The number of carboxylic acids is 1. The number of nitrogens with zero attached hydrogens (tertiary/aromatic N) is 4. The minimum Gasteiger partial charge on any atom is -0.480 e. The van der Waals surface area contributed by atoms with Gasteiger partial charge in [-0.25, -0.2) is 4.68 Å². The smallest absolute Gasteiger partial charge is 0.325 e. The zero-order chi connectivity index (χ0) is 23.4. The summed E-state index contributed by atoms with van der Waals surface area (Å²) < 4.78 is 8.86. The van der Waals surface area contributed by atoms with Crippen molar-refractivity contribution in [1.82, 2.24) is 19.6 Å². The molecular weight excluding hydrogens is 422 g/mol. The summed E-state index contributed by atoms with van der Waals surface area (Å²) in [4.78, 5) is 23.7. The second kappa shape index (κ2) is 9.39. The Labute approximate surface area is 190 Å². The monoisotopic (exact) mass is 445 g/mol. The number of rotatable bonds is 8. The van der Waals surface area contributed by atoms with Crippen LogP contribution < -0.4 is 10.1 Å². The molecular formula is C24H23N5O4. The van der Waals surface area contributed by atoms with Crippen LogP contribution in [0.2, 0.25) is 0 Å². The van der Waals surface area contributed by atoms with Crippen LogP contribution in [0.15, 0.2) is 66.9 Å². The van der Waals surface area contributed by atoms with E-state index >= 15 is 0 Å². The number of anilines is 1. The molecule has 0 aliphatic carbocycles. The van der Waals surface area contributed by atoms with Crippen molar-refractivity contribution in [2.24, 2.45) is 0 Å². The van der Waals surface area contributed by atoms with Gasteiger partial charge in [-0.15, -0.1) is 0 Å². The van der Waals surface area contributed by atoms with Gasteiger partial charge in [-0.05, 0) is 49.7 Å². The molecule has 0 atom stereocenters. The molecule has 0 saturated heterocycles. The fourth-order valence-corrected chi connectivity index (χ4v) is 3.49. The molecule has 4 aromatic rings. The molecule has 0 bridgehead atoms. The van der Waals surface area contributed by atoms with Crippen LogP contribution in [0.4, 0.5) is 5.69 Å². The minimum absolute atomic E-state index is 0.162. The van der Waals surface area contributed by atoms with Crippen molar-refractivity contribution in [3.8, 4) is 11.5 Å².